The van der Waals surface area contributed by atoms with E-state index in [4.69, 9.17) is 4.74 Å². The van der Waals surface area contributed by atoms with Crippen LogP contribution in [0.2, 0.25) is 0 Å². The van der Waals surface area contributed by atoms with Crippen molar-refractivity contribution in [3.63, 3.8) is 0 Å². The second-order valence-electron chi connectivity index (χ2n) is 5.62. The fourth-order valence-electron chi connectivity index (χ4n) is 2.19. The molecule has 0 aromatic heterocycles. The summed E-state index contributed by atoms with van der Waals surface area (Å²) in [5.74, 6) is -1.68. The number of esters is 1. The first kappa shape index (κ1) is 20.3. The van der Waals surface area contributed by atoms with Crippen molar-refractivity contribution < 1.29 is 24.2 Å². The zero-order chi connectivity index (χ0) is 19.8. The molecule has 0 saturated heterocycles. The van der Waals surface area contributed by atoms with Gasteiger partial charge in [-0.2, -0.15) is 0 Å². The van der Waals surface area contributed by atoms with Gasteiger partial charge in [0.2, 0.25) is 5.91 Å². The van der Waals surface area contributed by atoms with E-state index in [1.165, 1.54) is 48.0 Å². The molecule has 0 fully saturated rings. The standard InChI is InChI=1S/C19H20N2O5S/c1-21(11-17(23)20-15-8-3-4-9-16(15)27-2)18(24)12-26-19(25)13-6-5-7-14(22)10-13/h3-10,22H,11-12H2,1-2H3,(H,20,23). The molecule has 0 unspecified atom stereocenters. The fraction of sp³-hybridized carbons (Fsp3) is 0.211. The second kappa shape index (κ2) is 9.63. The van der Waals surface area contributed by atoms with E-state index in [-0.39, 0.29) is 23.8 Å². The lowest BCUT2D eigenvalue weighted by Crippen LogP contribution is -2.37. The first-order valence-corrected chi connectivity index (χ1v) is 9.26. The molecule has 2 aromatic rings. The van der Waals surface area contributed by atoms with Gasteiger partial charge in [0.25, 0.3) is 5.91 Å². The number of thioether (sulfide) groups is 1. The molecule has 2 aromatic carbocycles. The van der Waals surface area contributed by atoms with E-state index in [1.807, 2.05) is 24.5 Å². The number of ether oxygens (including phenoxy) is 1. The molecule has 0 spiro atoms. The molecule has 2 N–H and O–H groups in total. The molecule has 2 amide bonds. The third-order valence-electron chi connectivity index (χ3n) is 3.60. The Labute approximate surface area is 161 Å². The summed E-state index contributed by atoms with van der Waals surface area (Å²) in [6.07, 6.45) is 1.90. The van der Waals surface area contributed by atoms with Gasteiger partial charge in [-0.1, -0.05) is 18.2 Å². The number of hydrogen-bond acceptors (Lipinski definition) is 6. The second-order valence-corrected chi connectivity index (χ2v) is 6.47. The number of rotatable bonds is 7. The zero-order valence-corrected chi connectivity index (χ0v) is 15.8. The predicted molar refractivity (Wildman–Crippen MR) is 103 cm³/mol. The number of carbonyl (C=O) groups excluding carboxylic acids is 3. The Morgan fingerprint density at radius 3 is 2.59 bits per heavy atom. The van der Waals surface area contributed by atoms with Crippen molar-refractivity contribution in [1.82, 2.24) is 4.90 Å². The number of nitrogens with zero attached hydrogens (tertiary/aromatic N) is 1. The summed E-state index contributed by atoms with van der Waals surface area (Å²) in [5.41, 5.74) is 0.808. The minimum absolute atomic E-state index is 0.0740. The van der Waals surface area contributed by atoms with Crippen molar-refractivity contribution >= 4 is 35.2 Å². The molecular weight excluding hydrogens is 368 g/mol. The summed E-state index contributed by atoms with van der Waals surface area (Å²) in [5, 5.41) is 12.1. The van der Waals surface area contributed by atoms with Crippen molar-refractivity contribution in [2.24, 2.45) is 0 Å². The molecule has 27 heavy (non-hydrogen) atoms. The van der Waals surface area contributed by atoms with Crippen LogP contribution in [0.1, 0.15) is 10.4 Å². The summed E-state index contributed by atoms with van der Waals surface area (Å²) >= 11 is 1.50. The van der Waals surface area contributed by atoms with E-state index >= 15 is 0 Å². The van der Waals surface area contributed by atoms with Crippen molar-refractivity contribution in [3.05, 3.63) is 54.1 Å². The summed E-state index contributed by atoms with van der Waals surface area (Å²) in [4.78, 5) is 38.2. The van der Waals surface area contributed by atoms with Crippen LogP contribution in [0, 0.1) is 0 Å². The maximum Gasteiger partial charge on any atom is 0.338 e. The SMILES string of the molecule is CSc1ccccc1NC(=O)CN(C)C(=O)COC(=O)c1cccc(O)c1. The summed E-state index contributed by atoms with van der Waals surface area (Å²) in [6, 6.07) is 13.0. The average Bonchev–Trinajstić information content (AvgIpc) is 2.66. The maximum absolute atomic E-state index is 12.1. The Kier molecular flexibility index (Phi) is 7.25. The van der Waals surface area contributed by atoms with Crippen LogP contribution < -0.4 is 5.32 Å². The first-order valence-electron chi connectivity index (χ1n) is 8.03. The van der Waals surface area contributed by atoms with E-state index in [0.29, 0.717) is 5.69 Å². The summed E-state index contributed by atoms with van der Waals surface area (Å²) < 4.78 is 4.93. The van der Waals surface area contributed by atoms with Crippen LogP contribution in [0.5, 0.6) is 5.75 Å². The fourth-order valence-corrected chi connectivity index (χ4v) is 2.75. The number of likely N-dealkylation sites (N-methyl/N-ethyl adjacent to an activating group) is 1. The molecule has 7 nitrogen and oxygen atoms in total. The topological polar surface area (TPSA) is 95.9 Å². The third kappa shape index (κ3) is 6.03. The van der Waals surface area contributed by atoms with Gasteiger partial charge >= 0.3 is 5.97 Å². The lowest BCUT2D eigenvalue weighted by atomic mass is 10.2. The number of carbonyl (C=O) groups is 3. The monoisotopic (exact) mass is 388 g/mol. The van der Waals surface area contributed by atoms with Crippen molar-refractivity contribution in [1.29, 1.82) is 0 Å². The molecule has 8 heteroatoms. The largest absolute Gasteiger partial charge is 0.508 e. The lowest BCUT2D eigenvalue weighted by Gasteiger charge is -2.17. The Hall–Kier alpha value is -3.00. The molecule has 0 aliphatic carbocycles. The summed E-state index contributed by atoms with van der Waals surface area (Å²) in [7, 11) is 1.45. The minimum atomic E-state index is -0.731. The van der Waals surface area contributed by atoms with Crippen LogP contribution in [0.4, 0.5) is 5.69 Å². The van der Waals surface area contributed by atoms with Crippen molar-refractivity contribution in [2.75, 3.05) is 31.8 Å². The first-order chi connectivity index (χ1) is 12.9. The average molecular weight is 388 g/mol. The van der Waals surface area contributed by atoms with Crippen LogP contribution >= 0.6 is 11.8 Å². The number of amides is 2. The van der Waals surface area contributed by atoms with Crippen LogP contribution in [0.15, 0.2) is 53.4 Å². The van der Waals surface area contributed by atoms with Gasteiger partial charge in [0.15, 0.2) is 6.61 Å². The number of nitrogens with one attached hydrogen (secondary N) is 1. The van der Waals surface area contributed by atoms with Gasteiger partial charge < -0.3 is 20.1 Å². The lowest BCUT2D eigenvalue weighted by molar-refractivity contribution is -0.136. The van der Waals surface area contributed by atoms with Gasteiger partial charge in [-0.05, 0) is 36.6 Å². The molecule has 2 rings (SSSR count). The maximum atomic E-state index is 12.1. The molecular formula is C19H20N2O5S. The molecule has 0 saturated carbocycles. The quantitative estimate of drug-likeness (QED) is 0.558. The van der Waals surface area contributed by atoms with Crippen LogP contribution in [-0.2, 0) is 14.3 Å². The number of phenols is 1. The Morgan fingerprint density at radius 2 is 1.89 bits per heavy atom. The number of anilines is 1. The Bertz CT molecular complexity index is 840. The number of aromatic hydroxyl groups is 1. The smallest absolute Gasteiger partial charge is 0.338 e. The molecule has 0 radical (unpaired) electrons. The highest BCUT2D eigenvalue weighted by atomic mass is 32.2. The van der Waals surface area contributed by atoms with Gasteiger partial charge in [0.1, 0.15) is 5.75 Å². The van der Waals surface area contributed by atoms with E-state index in [9.17, 15) is 19.5 Å². The van der Waals surface area contributed by atoms with E-state index in [1.54, 1.807) is 6.07 Å². The van der Waals surface area contributed by atoms with Gasteiger partial charge in [0.05, 0.1) is 17.8 Å². The molecule has 0 aliphatic heterocycles. The van der Waals surface area contributed by atoms with Crippen LogP contribution in [0.25, 0.3) is 0 Å². The highest BCUT2D eigenvalue weighted by molar-refractivity contribution is 7.98. The number of hydrogen-bond donors (Lipinski definition) is 2. The van der Waals surface area contributed by atoms with Gasteiger partial charge in [-0.15, -0.1) is 11.8 Å². The molecule has 0 heterocycles. The Balaban J connectivity index is 1.84. The molecule has 142 valence electrons. The van der Waals surface area contributed by atoms with Crippen LogP contribution in [0.3, 0.4) is 0 Å². The number of para-hydroxylation sites is 1. The van der Waals surface area contributed by atoms with E-state index in [2.05, 4.69) is 5.32 Å². The van der Waals surface area contributed by atoms with Gasteiger partial charge in [-0.25, -0.2) is 4.79 Å². The summed E-state index contributed by atoms with van der Waals surface area (Å²) in [6.45, 7) is -0.676. The van der Waals surface area contributed by atoms with E-state index in [0.717, 1.165) is 4.90 Å². The van der Waals surface area contributed by atoms with Gasteiger partial charge in [-0.3, -0.25) is 9.59 Å². The van der Waals surface area contributed by atoms with Crippen molar-refractivity contribution in [2.45, 2.75) is 4.90 Å². The predicted octanol–water partition coefficient (Wildman–Crippen LogP) is 2.37. The van der Waals surface area contributed by atoms with Crippen LogP contribution in [-0.4, -0.2) is 54.2 Å². The molecule has 0 atom stereocenters. The van der Waals surface area contributed by atoms with E-state index < -0.39 is 18.5 Å². The normalized spacial score (nSPS) is 10.1. The van der Waals surface area contributed by atoms with Gasteiger partial charge in [0, 0.05) is 11.9 Å². The number of phenolic OH excluding ortho intramolecular Hbond substituents is 1. The van der Waals surface area contributed by atoms with Crippen molar-refractivity contribution in [3.8, 4) is 5.75 Å². The highest BCUT2D eigenvalue weighted by Crippen LogP contribution is 2.24. The molecule has 0 bridgehead atoms. The Morgan fingerprint density at radius 1 is 1.15 bits per heavy atom. The third-order valence-corrected chi connectivity index (χ3v) is 4.39. The zero-order valence-electron chi connectivity index (χ0n) is 15.0. The number of benzene rings is 2. The highest BCUT2D eigenvalue weighted by Gasteiger charge is 2.17. The molecule has 0 aliphatic rings. The minimum Gasteiger partial charge on any atom is -0.508 e.